The van der Waals surface area contributed by atoms with Crippen LogP contribution in [-0.4, -0.2) is 42.9 Å². The maximum atomic E-state index is 12.1. The lowest BCUT2D eigenvalue weighted by molar-refractivity contribution is -0.0293. The summed E-state index contributed by atoms with van der Waals surface area (Å²) in [5, 5.41) is 12.1. The zero-order chi connectivity index (χ0) is 19.1. The molecular formula is C24H33NO2. The third-order valence-corrected chi connectivity index (χ3v) is 5.79. The molecule has 2 atom stereocenters. The molecule has 1 aliphatic rings. The summed E-state index contributed by atoms with van der Waals surface area (Å²) >= 11 is 0. The number of hydrogen-bond acceptors (Lipinski definition) is 3. The smallest absolute Gasteiger partial charge is 0.0977 e. The number of ether oxygens (including phenoxy) is 1. The van der Waals surface area contributed by atoms with E-state index >= 15 is 0 Å². The van der Waals surface area contributed by atoms with Gasteiger partial charge in [-0.05, 0) is 24.5 Å². The van der Waals surface area contributed by atoms with Crippen molar-refractivity contribution in [2.24, 2.45) is 0 Å². The van der Waals surface area contributed by atoms with Gasteiger partial charge in [0.15, 0.2) is 0 Å². The molecule has 0 unspecified atom stereocenters. The second-order valence-corrected chi connectivity index (χ2v) is 7.77. The Balaban J connectivity index is 1.99. The maximum absolute atomic E-state index is 12.1. The average Bonchev–Trinajstić information content (AvgIpc) is 2.72. The van der Waals surface area contributed by atoms with Crippen molar-refractivity contribution >= 4 is 0 Å². The number of hydrogen-bond donors (Lipinski definition) is 1. The number of aryl methyl sites for hydroxylation is 1. The second kappa shape index (κ2) is 9.50. The van der Waals surface area contributed by atoms with Crippen LogP contribution in [0.3, 0.4) is 0 Å². The van der Waals surface area contributed by atoms with E-state index in [-0.39, 0.29) is 5.92 Å². The summed E-state index contributed by atoms with van der Waals surface area (Å²) < 4.78 is 5.53. The summed E-state index contributed by atoms with van der Waals surface area (Å²) in [7, 11) is 0. The Bertz CT molecular complexity index is 679. The van der Waals surface area contributed by atoms with E-state index in [0.717, 1.165) is 57.7 Å². The number of rotatable bonds is 8. The first-order valence-corrected chi connectivity index (χ1v) is 10.3. The Morgan fingerprint density at radius 3 is 2.33 bits per heavy atom. The van der Waals surface area contributed by atoms with Crippen molar-refractivity contribution in [3.63, 3.8) is 0 Å². The highest BCUT2D eigenvalue weighted by Crippen LogP contribution is 2.41. The van der Waals surface area contributed by atoms with Crippen LogP contribution in [0.5, 0.6) is 0 Å². The first-order chi connectivity index (χ1) is 13.1. The van der Waals surface area contributed by atoms with Crippen molar-refractivity contribution in [2.75, 3.05) is 32.8 Å². The van der Waals surface area contributed by atoms with Gasteiger partial charge in [0.1, 0.15) is 0 Å². The number of aliphatic hydroxyl groups is 1. The minimum atomic E-state index is -0.872. The van der Waals surface area contributed by atoms with Crippen molar-refractivity contribution in [1.29, 1.82) is 0 Å². The summed E-state index contributed by atoms with van der Waals surface area (Å²) in [4.78, 5) is 2.44. The van der Waals surface area contributed by atoms with E-state index in [1.165, 1.54) is 11.1 Å². The van der Waals surface area contributed by atoms with Crippen LogP contribution < -0.4 is 0 Å². The van der Waals surface area contributed by atoms with Gasteiger partial charge in [0.25, 0.3) is 0 Å². The predicted octanol–water partition coefficient (Wildman–Crippen LogP) is 4.49. The van der Waals surface area contributed by atoms with Crippen molar-refractivity contribution in [3.05, 3.63) is 71.3 Å². The third kappa shape index (κ3) is 4.98. The minimum Gasteiger partial charge on any atom is -0.384 e. The molecule has 1 saturated heterocycles. The van der Waals surface area contributed by atoms with Gasteiger partial charge in [-0.15, -0.1) is 0 Å². The third-order valence-electron chi connectivity index (χ3n) is 5.79. The number of morpholine rings is 1. The van der Waals surface area contributed by atoms with Gasteiger partial charge in [-0.3, -0.25) is 4.90 Å². The summed E-state index contributed by atoms with van der Waals surface area (Å²) in [5.74, 6) is 0.0334. The molecular weight excluding hydrogens is 334 g/mol. The molecule has 0 spiro atoms. The molecule has 1 N–H and O–H groups in total. The molecule has 0 bridgehead atoms. The number of unbranched alkanes of at least 4 members (excludes halogenated alkanes) is 1. The van der Waals surface area contributed by atoms with Crippen molar-refractivity contribution in [3.8, 4) is 0 Å². The molecule has 1 fully saturated rings. The van der Waals surface area contributed by atoms with Crippen molar-refractivity contribution in [1.82, 2.24) is 4.90 Å². The van der Waals surface area contributed by atoms with Gasteiger partial charge in [0.05, 0.1) is 18.8 Å². The Hall–Kier alpha value is -1.68. The molecule has 0 radical (unpaired) electrons. The molecule has 0 amide bonds. The van der Waals surface area contributed by atoms with E-state index in [4.69, 9.17) is 4.74 Å². The van der Waals surface area contributed by atoms with Gasteiger partial charge in [-0.1, -0.05) is 79.9 Å². The molecule has 1 heterocycles. The topological polar surface area (TPSA) is 32.7 Å². The molecule has 2 aromatic rings. The molecule has 3 heteroatoms. The second-order valence-electron chi connectivity index (χ2n) is 7.77. The Kier molecular flexibility index (Phi) is 7.06. The average molecular weight is 368 g/mol. The largest absolute Gasteiger partial charge is 0.384 e. The molecule has 0 aliphatic carbocycles. The first kappa shape index (κ1) is 20.1. The van der Waals surface area contributed by atoms with E-state index < -0.39 is 5.60 Å². The van der Waals surface area contributed by atoms with Gasteiger partial charge in [0.2, 0.25) is 0 Å². The first-order valence-electron chi connectivity index (χ1n) is 10.3. The van der Waals surface area contributed by atoms with Crippen LogP contribution in [0.2, 0.25) is 0 Å². The summed E-state index contributed by atoms with van der Waals surface area (Å²) in [6, 6.07) is 19.0. The monoisotopic (exact) mass is 367 g/mol. The highest BCUT2D eigenvalue weighted by molar-refractivity contribution is 5.33. The van der Waals surface area contributed by atoms with Gasteiger partial charge < -0.3 is 9.84 Å². The number of benzene rings is 2. The molecule has 1 aliphatic heterocycles. The fraction of sp³-hybridized carbons (Fsp3) is 0.500. The molecule has 3 rings (SSSR count). The van der Waals surface area contributed by atoms with Gasteiger partial charge >= 0.3 is 0 Å². The van der Waals surface area contributed by atoms with E-state index in [1.807, 2.05) is 6.07 Å². The van der Waals surface area contributed by atoms with Gasteiger partial charge in [0, 0.05) is 25.6 Å². The zero-order valence-electron chi connectivity index (χ0n) is 16.7. The molecule has 3 nitrogen and oxygen atoms in total. The Morgan fingerprint density at radius 2 is 1.70 bits per heavy atom. The molecule has 146 valence electrons. The van der Waals surface area contributed by atoms with Crippen LogP contribution in [0.4, 0.5) is 0 Å². The van der Waals surface area contributed by atoms with Crippen LogP contribution in [0.25, 0.3) is 0 Å². The van der Waals surface area contributed by atoms with E-state index in [1.54, 1.807) is 0 Å². The predicted molar refractivity (Wildman–Crippen MR) is 111 cm³/mol. The van der Waals surface area contributed by atoms with Crippen LogP contribution in [-0.2, 0) is 10.3 Å². The lowest BCUT2D eigenvalue weighted by Gasteiger charge is -2.41. The number of nitrogens with zero attached hydrogens (tertiary/aromatic N) is 1. The fourth-order valence-electron chi connectivity index (χ4n) is 4.07. The normalized spacial score (nSPS) is 18.8. The van der Waals surface area contributed by atoms with Crippen molar-refractivity contribution in [2.45, 2.75) is 44.6 Å². The van der Waals surface area contributed by atoms with Crippen molar-refractivity contribution < 1.29 is 9.84 Å². The van der Waals surface area contributed by atoms with E-state index in [0.29, 0.717) is 0 Å². The summed E-state index contributed by atoms with van der Waals surface area (Å²) in [6.45, 7) is 8.55. The van der Waals surface area contributed by atoms with E-state index in [2.05, 4.69) is 67.3 Å². The Morgan fingerprint density at radius 1 is 1.04 bits per heavy atom. The standard InChI is InChI=1S/C24H33NO2/c1-3-4-14-24(26,22-12-10-20(2)11-13-22)23(21-8-6-5-7-9-21)19-25-15-17-27-18-16-25/h5-13,23,26H,3-4,14-19H2,1-2H3/t23-,24+/m0/s1. The molecule has 2 aromatic carbocycles. The SMILES string of the molecule is CCCC[C@@](O)(c1ccc(C)cc1)[C@@H](CN1CCOCC1)c1ccccc1. The highest BCUT2D eigenvalue weighted by Gasteiger charge is 2.39. The van der Waals surface area contributed by atoms with Crippen LogP contribution >= 0.6 is 0 Å². The quantitative estimate of drug-likeness (QED) is 0.746. The summed E-state index contributed by atoms with van der Waals surface area (Å²) in [5.41, 5.74) is 2.59. The lowest BCUT2D eigenvalue weighted by Crippen LogP contribution is -2.45. The lowest BCUT2D eigenvalue weighted by atomic mass is 9.74. The molecule has 0 aromatic heterocycles. The maximum Gasteiger partial charge on any atom is 0.0977 e. The highest BCUT2D eigenvalue weighted by atomic mass is 16.5. The molecule has 27 heavy (non-hydrogen) atoms. The van der Waals surface area contributed by atoms with E-state index in [9.17, 15) is 5.11 Å². The summed E-state index contributed by atoms with van der Waals surface area (Å²) in [6.07, 6.45) is 2.86. The van der Waals surface area contributed by atoms with Gasteiger partial charge in [-0.25, -0.2) is 0 Å². The van der Waals surface area contributed by atoms with Crippen LogP contribution in [0.15, 0.2) is 54.6 Å². The van der Waals surface area contributed by atoms with Crippen LogP contribution in [0, 0.1) is 6.92 Å². The molecule has 0 saturated carbocycles. The van der Waals surface area contributed by atoms with Gasteiger partial charge in [-0.2, -0.15) is 0 Å². The Labute approximate surface area is 164 Å². The van der Waals surface area contributed by atoms with Crippen LogP contribution in [0.1, 0.15) is 48.8 Å². The fourth-order valence-corrected chi connectivity index (χ4v) is 4.07. The zero-order valence-corrected chi connectivity index (χ0v) is 16.7. The minimum absolute atomic E-state index is 0.0334.